The maximum Gasteiger partial charge on any atom is 0.333 e. The normalized spacial score (nSPS) is 11.5. The van der Waals surface area contributed by atoms with Gasteiger partial charge >= 0.3 is 5.97 Å². The van der Waals surface area contributed by atoms with Gasteiger partial charge in [0.15, 0.2) is 6.04 Å². The number of methoxy groups -OCH3 is 1. The van der Waals surface area contributed by atoms with Crippen LogP contribution in [0.1, 0.15) is 40.0 Å². The quantitative estimate of drug-likeness (QED) is 0.819. The first-order valence-corrected chi connectivity index (χ1v) is 8.15. The monoisotopic (exact) mass is 341 g/mol. The molecule has 0 bridgehead atoms. The van der Waals surface area contributed by atoms with E-state index in [9.17, 15) is 9.59 Å². The molecule has 0 fully saturated rings. The Morgan fingerprint density at radius 2 is 1.68 bits per heavy atom. The van der Waals surface area contributed by atoms with E-state index in [1.165, 1.54) is 0 Å². The fraction of sp³-hybridized carbons (Fsp3) is 0.300. The second-order valence-electron chi connectivity index (χ2n) is 5.70. The second kappa shape index (κ2) is 8.33. The number of amides is 1. The Bertz CT molecular complexity index is 733. The average Bonchev–Trinajstić information content (AvgIpc) is 2.60. The highest BCUT2D eigenvalue weighted by Gasteiger charge is 2.28. The van der Waals surface area contributed by atoms with E-state index >= 15 is 0 Å². The molecule has 0 heterocycles. The van der Waals surface area contributed by atoms with Crippen molar-refractivity contribution in [3.63, 3.8) is 0 Å². The Hall–Kier alpha value is -2.82. The topological polar surface area (TPSA) is 64.6 Å². The summed E-state index contributed by atoms with van der Waals surface area (Å²) >= 11 is 0. The van der Waals surface area contributed by atoms with E-state index in [4.69, 9.17) is 9.47 Å². The molecule has 1 amide bonds. The summed E-state index contributed by atoms with van der Waals surface area (Å²) in [6.45, 7) is 5.74. The highest BCUT2D eigenvalue weighted by Crippen LogP contribution is 2.28. The predicted octanol–water partition coefficient (Wildman–Crippen LogP) is 3.35. The van der Waals surface area contributed by atoms with Crippen molar-refractivity contribution >= 4 is 11.9 Å². The SMILES string of the molecule is CCOC(=O)C(NC(=O)c1ccccc1)c1c(C)cc(OC)cc1C. The van der Waals surface area contributed by atoms with Gasteiger partial charge in [-0.25, -0.2) is 4.79 Å². The lowest BCUT2D eigenvalue weighted by atomic mass is 9.95. The van der Waals surface area contributed by atoms with Gasteiger partial charge in [-0.05, 0) is 61.7 Å². The molecule has 0 aromatic heterocycles. The van der Waals surface area contributed by atoms with Crippen molar-refractivity contribution < 1.29 is 19.1 Å². The van der Waals surface area contributed by atoms with E-state index in [-0.39, 0.29) is 12.5 Å². The Balaban J connectivity index is 2.40. The number of hydrogen-bond donors (Lipinski definition) is 1. The first kappa shape index (κ1) is 18.5. The molecule has 0 spiro atoms. The van der Waals surface area contributed by atoms with Crippen LogP contribution in [0.3, 0.4) is 0 Å². The van der Waals surface area contributed by atoms with Crippen LogP contribution in [0, 0.1) is 13.8 Å². The van der Waals surface area contributed by atoms with Crippen molar-refractivity contribution in [2.24, 2.45) is 0 Å². The molecule has 2 rings (SSSR count). The van der Waals surface area contributed by atoms with E-state index in [0.29, 0.717) is 11.3 Å². The minimum atomic E-state index is -0.876. The number of ether oxygens (including phenoxy) is 2. The van der Waals surface area contributed by atoms with Gasteiger partial charge in [0, 0.05) is 5.56 Å². The predicted molar refractivity (Wildman–Crippen MR) is 95.8 cm³/mol. The fourth-order valence-electron chi connectivity index (χ4n) is 2.79. The van der Waals surface area contributed by atoms with Gasteiger partial charge in [-0.3, -0.25) is 4.79 Å². The highest BCUT2D eigenvalue weighted by molar-refractivity contribution is 5.97. The Kier molecular flexibility index (Phi) is 6.17. The van der Waals surface area contributed by atoms with Crippen LogP contribution < -0.4 is 10.1 Å². The molecule has 0 radical (unpaired) electrons. The van der Waals surface area contributed by atoms with Gasteiger partial charge in [-0.15, -0.1) is 0 Å². The molecule has 2 aromatic rings. The molecule has 0 saturated carbocycles. The third-order valence-corrected chi connectivity index (χ3v) is 3.93. The van der Waals surface area contributed by atoms with Crippen molar-refractivity contribution in [1.29, 1.82) is 0 Å². The van der Waals surface area contributed by atoms with E-state index in [0.717, 1.165) is 16.7 Å². The van der Waals surface area contributed by atoms with Gasteiger partial charge in [0.05, 0.1) is 13.7 Å². The summed E-state index contributed by atoms with van der Waals surface area (Å²) in [6.07, 6.45) is 0. The van der Waals surface area contributed by atoms with Crippen molar-refractivity contribution in [2.75, 3.05) is 13.7 Å². The van der Waals surface area contributed by atoms with Gasteiger partial charge < -0.3 is 14.8 Å². The number of rotatable bonds is 6. The summed E-state index contributed by atoms with van der Waals surface area (Å²) in [4.78, 5) is 25.0. The van der Waals surface area contributed by atoms with Gasteiger partial charge in [0.2, 0.25) is 0 Å². The average molecular weight is 341 g/mol. The minimum absolute atomic E-state index is 0.241. The molecule has 0 aliphatic carbocycles. The zero-order valence-corrected chi connectivity index (χ0v) is 15.0. The maximum absolute atomic E-state index is 12.5. The Morgan fingerprint density at radius 3 is 2.20 bits per heavy atom. The summed E-state index contributed by atoms with van der Waals surface area (Å²) in [6, 6.07) is 11.6. The second-order valence-corrected chi connectivity index (χ2v) is 5.70. The molecule has 0 aliphatic rings. The number of aryl methyl sites for hydroxylation is 2. The zero-order valence-electron chi connectivity index (χ0n) is 15.0. The number of carbonyl (C=O) groups is 2. The van der Waals surface area contributed by atoms with Crippen LogP contribution in [-0.4, -0.2) is 25.6 Å². The summed E-state index contributed by atoms with van der Waals surface area (Å²) in [5, 5.41) is 2.80. The molecule has 132 valence electrons. The van der Waals surface area contributed by atoms with Crippen molar-refractivity contribution in [3.8, 4) is 5.75 Å². The fourth-order valence-corrected chi connectivity index (χ4v) is 2.79. The number of carbonyl (C=O) groups excluding carboxylic acids is 2. The van der Waals surface area contributed by atoms with E-state index in [1.807, 2.05) is 32.0 Å². The van der Waals surface area contributed by atoms with Crippen LogP contribution >= 0.6 is 0 Å². The van der Waals surface area contributed by atoms with E-state index in [1.54, 1.807) is 38.3 Å². The number of nitrogens with one attached hydrogen (secondary N) is 1. The summed E-state index contributed by atoms with van der Waals surface area (Å²) < 4.78 is 10.4. The molecule has 1 N–H and O–H groups in total. The third kappa shape index (κ3) is 4.38. The molecule has 2 aromatic carbocycles. The molecular formula is C20H23NO4. The summed E-state index contributed by atoms with van der Waals surface area (Å²) in [5.74, 6) is -0.104. The van der Waals surface area contributed by atoms with Crippen LogP contribution in [0.4, 0.5) is 0 Å². The van der Waals surface area contributed by atoms with Crippen LogP contribution in [-0.2, 0) is 9.53 Å². The largest absolute Gasteiger partial charge is 0.497 e. The lowest BCUT2D eigenvalue weighted by Crippen LogP contribution is -2.36. The van der Waals surface area contributed by atoms with Gasteiger partial charge in [-0.1, -0.05) is 18.2 Å². The highest BCUT2D eigenvalue weighted by atomic mass is 16.5. The molecule has 5 heteroatoms. The van der Waals surface area contributed by atoms with Crippen LogP contribution in [0.2, 0.25) is 0 Å². The summed E-state index contributed by atoms with van der Waals surface area (Å²) in [5.41, 5.74) is 2.91. The van der Waals surface area contributed by atoms with Crippen molar-refractivity contribution in [3.05, 3.63) is 64.7 Å². The lowest BCUT2D eigenvalue weighted by Gasteiger charge is -2.22. The number of esters is 1. The maximum atomic E-state index is 12.5. The standard InChI is InChI=1S/C20H23NO4/c1-5-25-20(23)18(21-19(22)15-9-7-6-8-10-15)17-13(2)11-16(24-4)12-14(17)3/h6-12,18H,5H2,1-4H3,(H,21,22). The van der Waals surface area contributed by atoms with Crippen LogP contribution in [0.15, 0.2) is 42.5 Å². The van der Waals surface area contributed by atoms with Gasteiger partial charge in [0.1, 0.15) is 5.75 Å². The summed E-state index contributed by atoms with van der Waals surface area (Å²) in [7, 11) is 1.59. The van der Waals surface area contributed by atoms with Crippen LogP contribution in [0.5, 0.6) is 5.75 Å². The Morgan fingerprint density at radius 1 is 1.08 bits per heavy atom. The third-order valence-electron chi connectivity index (χ3n) is 3.93. The molecule has 25 heavy (non-hydrogen) atoms. The van der Waals surface area contributed by atoms with Crippen molar-refractivity contribution in [2.45, 2.75) is 26.8 Å². The molecule has 1 atom stereocenters. The molecule has 0 saturated heterocycles. The Labute approximate surface area is 148 Å². The molecular weight excluding hydrogens is 318 g/mol. The number of hydrogen-bond acceptors (Lipinski definition) is 4. The molecule has 1 unspecified atom stereocenters. The van der Waals surface area contributed by atoms with Crippen molar-refractivity contribution in [1.82, 2.24) is 5.32 Å². The molecule has 5 nitrogen and oxygen atoms in total. The molecule has 0 aliphatic heterocycles. The zero-order chi connectivity index (χ0) is 18.4. The van der Waals surface area contributed by atoms with Gasteiger partial charge in [-0.2, -0.15) is 0 Å². The first-order chi connectivity index (χ1) is 12.0. The smallest absolute Gasteiger partial charge is 0.333 e. The minimum Gasteiger partial charge on any atom is -0.497 e. The lowest BCUT2D eigenvalue weighted by molar-refractivity contribution is -0.145. The number of benzene rings is 2. The van der Waals surface area contributed by atoms with E-state index < -0.39 is 12.0 Å². The van der Waals surface area contributed by atoms with Crippen LogP contribution in [0.25, 0.3) is 0 Å². The van der Waals surface area contributed by atoms with Gasteiger partial charge in [0.25, 0.3) is 5.91 Å². The first-order valence-electron chi connectivity index (χ1n) is 8.15. The van der Waals surface area contributed by atoms with E-state index in [2.05, 4.69) is 5.32 Å².